The average Bonchev–Trinajstić information content (AvgIpc) is 2.71. The minimum Gasteiger partial charge on any atom is -0.497 e. The van der Waals surface area contributed by atoms with Gasteiger partial charge in [-0.3, -0.25) is 0 Å². The van der Waals surface area contributed by atoms with Crippen LogP contribution < -0.4 is 10.5 Å². The van der Waals surface area contributed by atoms with Crippen LogP contribution in [0.3, 0.4) is 0 Å². The molecule has 0 spiro atoms. The second kappa shape index (κ2) is 6.45. The van der Waals surface area contributed by atoms with Crippen LogP contribution in [-0.4, -0.2) is 33.1 Å². The molecule has 1 fully saturated rings. The zero-order valence-corrected chi connectivity index (χ0v) is 13.9. The van der Waals surface area contributed by atoms with Crippen molar-refractivity contribution < 1.29 is 13.2 Å². The van der Waals surface area contributed by atoms with Crippen LogP contribution in [0.15, 0.2) is 22.7 Å². The van der Waals surface area contributed by atoms with Gasteiger partial charge >= 0.3 is 0 Å². The molecule has 20 heavy (non-hydrogen) atoms. The molecule has 6 heteroatoms. The number of benzene rings is 1. The van der Waals surface area contributed by atoms with E-state index in [1.165, 1.54) is 0 Å². The van der Waals surface area contributed by atoms with Gasteiger partial charge in [0.05, 0.1) is 18.6 Å². The van der Waals surface area contributed by atoms with Crippen LogP contribution >= 0.6 is 15.9 Å². The molecule has 1 heterocycles. The molecule has 1 aliphatic rings. The summed E-state index contributed by atoms with van der Waals surface area (Å²) in [6.45, 7) is 0. The van der Waals surface area contributed by atoms with E-state index >= 15 is 0 Å². The first-order valence-corrected chi connectivity index (χ1v) is 9.29. The molecule has 2 unspecified atom stereocenters. The van der Waals surface area contributed by atoms with Crippen molar-refractivity contribution >= 4 is 25.8 Å². The lowest BCUT2D eigenvalue weighted by Crippen LogP contribution is -2.26. The van der Waals surface area contributed by atoms with E-state index in [9.17, 15) is 8.42 Å². The molecular formula is C14H20BrNO3S. The van der Waals surface area contributed by atoms with Gasteiger partial charge in [0.1, 0.15) is 5.75 Å². The van der Waals surface area contributed by atoms with Gasteiger partial charge in [-0.15, -0.1) is 0 Å². The van der Waals surface area contributed by atoms with Crippen LogP contribution in [0.2, 0.25) is 0 Å². The summed E-state index contributed by atoms with van der Waals surface area (Å²) in [6, 6.07) is 5.77. The monoisotopic (exact) mass is 361 g/mol. The fourth-order valence-electron chi connectivity index (χ4n) is 2.69. The summed E-state index contributed by atoms with van der Waals surface area (Å²) in [5.74, 6) is 1.62. The molecule has 0 saturated carbocycles. The van der Waals surface area contributed by atoms with Crippen LogP contribution in [0.25, 0.3) is 0 Å². The smallest absolute Gasteiger partial charge is 0.150 e. The Bertz CT molecular complexity index is 574. The molecule has 0 radical (unpaired) electrons. The van der Waals surface area contributed by atoms with E-state index in [4.69, 9.17) is 10.5 Å². The summed E-state index contributed by atoms with van der Waals surface area (Å²) in [4.78, 5) is 0. The quantitative estimate of drug-likeness (QED) is 0.872. The van der Waals surface area contributed by atoms with Crippen molar-refractivity contribution in [2.45, 2.75) is 25.3 Å². The molecule has 4 nitrogen and oxygen atoms in total. The maximum absolute atomic E-state index is 11.5. The predicted molar refractivity (Wildman–Crippen MR) is 83.8 cm³/mol. The second-order valence-electron chi connectivity index (χ2n) is 5.43. The molecule has 0 aromatic heterocycles. The summed E-state index contributed by atoms with van der Waals surface area (Å²) in [5, 5.41) is 0. The van der Waals surface area contributed by atoms with Crippen LogP contribution in [0, 0.1) is 5.92 Å². The minimum absolute atomic E-state index is 0.0308. The number of halogens is 1. The summed E-state index contributed by atoms with van der Waals surface area (Å²) in [6.07, 6.45) is 2.21. The van der Waals surface area contributed by atoms with Gasteiger partial charge in [-0.2, -0.15) is 0 Å². The van der Waals surface area contributed by atoms with Crippen molar-refractivity contribution in [3.8, 4) is 5.75 Å². The summed E-state index contributed by atoms with van der Waals surface area (Å²) in [5.41, 5.74) is 7.27. The summed E-state index contributed by atoms with van der Waals surface area (Å²) in [7, 11) is -1.18. The molecule has 0 aliphatic carbocycles. The van der Waals surface area contributed by atoms with Crippen LogP contribution in [0.4, 0.5) is 0 Å². The second-order valence-corrected chi connectivity index (χ2v) is 8.51. The molecule has 1 saturated heterocycles. The van der Waals surface area contributed by atoms with E-state index in [-0.39, 0.29) is 12.0 Å². The van der Waals surface area contributed by atoms with Crippen LogP contribution in [0.1, 0.15) is 18.4 Å². The zero-order valence-electron chi connectivity index (χ0n) is 11.5. The predicted octanol–water partition coefficient (Wildman–Crippen LogP) is 2.15. The summed E-state index contributed by atoms with van der Waals surface area (Å²) < 4.78 is 29.1. The van der Waals surface area contributed by atoms with Crippen molar-refractivity contribution in [2.75, 3.05) is 18.6 Å². The highest BCUT2D eigenvalue weighted by Gasteiger charge is 2.29. The molecule has 2 rings (SSSR count). The lowest BCUT2D eigenvalue weighted by atomic mass is 9.95. The molecule has 2 atom stereocenters. The normalized spacial score (nSPS) is 22.6. The number of methoxy groups -OCH3 is 1. The van der Waals surface area contributed by atoms with Crippen LogP contribution in [0.5, 0.6) is 5.75 Å². The van der Waals surface area contributed by atoms with Gasteiger partial charge in [0.15, 0.2) is 9.84 Å². The Morgan fingerprint density at radius 2 is 2.25 bits per heavy atom. The molecule has 1 aliphatic heterocycles. The molecule has 1 aromatic rings. The first kappa shape index (κ1) is 15.8. The third kappa shape index (κ3) is 4.20. The first-order valence-electron chi connectivity index (χ1n) is 6.68. The van der Waals surface area contributed by atoms with Crippen molar-refractivity contribution in [1.82, 2.24) is 0 Å². The number of nitrogens with two attached hydrogens (primary N) is 1. The largest absolute Gasteiger partial charge is 0.497 e. The van der Waals surface area contributed by atoms with Crippen molar-refractivity contribution in [1.29, 1.82) is 0 Å². The highest BCUT2D eigenvalue weighted by atomic mass is 79.9. The Morgan fingerprint density at radius 1 is 1.50 bits per heavy atom. The molecular weight excluding hydrogens is 342 g/mol. The van der Waals surface area contributed by atoms with Crippen molar-refractivity contribution in [2.24, 2.45) is 11.7 Å². The molecule has 2 N–H and O–H groups in total. The van der Waals surface area contributed by atoms with E-state index in [0.717, 1.165) is 28.6 Å². The zero-order chi connectivity index (χ0) is 14.8. The fraction of sp³-hybridized carbons (Fsp3) is 0.571. The lowest BCUT2D eigenvalue weighted by Gasteiger charge is -2.17. The van der Waals surface area contributed by atoms with E-state index in [1.54, 1.807) is 7.11 Å². The lowest BCUT2D eigenvalue weighted by molar-refractivity contribution is 0.413. The van der Waals surface area contributed by atoms with E-state index in [1.807, 2.05) is 18.2 Å². The molecule has 0 amide bonds. The van der Waals surface area contributed by atoms with Gasteiger partial charge in [0.2, 0.25) is 0 Å². The van der Waals surface area contributed by atoms with Crippen molar-refractivity contribution in [3.63, 3.8) is 0 Å². The van der Waals surface area contributed by atoms with Gasteiger partial charge in [0.25, 0.3) is 0 Å². The SMILES string of the molecule is COc1ccc(Br)c(CC(N)CC2CCS(=O)(=O)C2)c1. The van der Waals surface area contributed by atoms with Crippen LogP contribution in [-0.2, 0) is 16.3 Å². The Hall–Kier alpha value is -0.590. The van der Waals surface area contributed by atoms with E-state index in [0.29, 0.717) is 17.9 Å². The Kier molecular flexibility index (Phi) is 5.09. The number of sulfone groups is 1. The third-order valence-corrected chi connectivity index (χ3v) is 6.31. The maximum atomic E-state index is 11.5. The third-order valence-electron chi connectivity index (χ3n) is 3.70. The van der Waals surface area contributed by atoms with Crippen molar-refractivity contribution in [3.05, 3.63) is 28.2 Å². The van der Waals surface area contributed by atoms with Gasteiger partial charge in [-0.05, 0) is 48.9 Å². The van der Waals surface area contributed by atoms with Gasteiger partial charge in [0, 0.05) is 10.5 Å². The highest BCUT2D eigenvalue weighted by Crippen LogP contribution is 2.27. The topological polar surface area (TPSA) is 69.4 Å². The standard InChI is InChI=1S/C14H20BrNO3S/c1-19-13-2-3-14(15)11(8-13)7-12(16)6-10-4-5-20(17,18)9-10/h2-3,8,10,12H,4-7,9,16H2,1H3. The molecule has 0 bridgehead atoms. The van der Waals surface area contributed by atoms with Gasteiger partial charge < -0.3 is 10.5 Å². The molecule has 112 valence electrons. The summed E-state index contributed by atoms with van der Waals surface area (Å²) >= 11 is 3.51. The van der Waals surface area contributed by atoms with Gasteiger partial charge in [-0.25, -0.2) is 8.42 Å². The average molecular weight is 362 g/mol. The highest BCUT2D eigenvalue weighted by molar-refractivity contribution is 9.10. The molecule has 1 aromatic carbocycles. The Labute approximate surface area is 128 Å². The maximum Gasteiger partial charge on any atom is 0.150 e. The van der Waals surface area contributed by atoms with E-state index < -0.39 is 9.84 Å². The Balaban J connectivity index is 1.96. The van der Waals surface area contributed by atoms with Gasteiger partial charge in [-0.1, -0.05) is 15.9 Å². The Morgan fingerprint density at radius 3 is 2.85 bits per heavy atom. The number of hydrogen-bond donors (Lipinski definition) is 1. The first-order chi connectivity index (χ1) is 9.39. The van der Waals surface area contributed by atoms with E-state index in [2.05, 4.69) is 15.9 Å². The number of hydrogen-bond acceptors (Lipinski definition) is 4. The fourth-order valence-corrected chi connectivity index (χ4v) is 4.97. The minimum atomic E-state index is -2.82. The number of ether oxygens (including phenoxy) is 1. The number of rotatable bonds is 5.